The molecule has 1 aliphatic heterocycles. The lowest BCUT2D eigenvalue weighted by Crippen LogP contribution is -2.41. The molecule has 2 amide bonds. The summed E-state index contributed by atoms with van der Waals surface area (Å²) in [4.78, 5) is 21.2. The standard InChI is InChI=1S/C28H31ClN6O5/c29-23-17-21(32-27-26-24(30-18-31-27)6-9-35(26)10-14-39-15-11-36)4-5-25(23)40-22-3-1-2-20(16-22)34-28(37)33-19-7-12-38-13-8-19/h1-6,9,16-19,36H,7-8,10-15H2,(H,30,31,32)(H2,33,34,37). The summed E-state index contributed by atoms with van der Waals surface area (Å²) in [6.45, 7) is 2.63. The van der Waals surface area contributed by atoms with Crippen LogP contribution in [0.3, 0.4) is 0 Å². The van der Waals surface area contributed by atoms with E-state index in [1.807, 2.05) is 22.9 Å². The third-order valence-electron chi connectivity index (χ3n) is 6.33. The van der Waals surface area contributed by atoms with Crippen LogP contribution in [0.2, 0.25) is 5.02 Å². The van der Waals surface area contributed by atoms with Crippen LogP contribution < -0.4 is 20.7 Å². The van der Waals surface area contributed by atoms with E-state index in [0.717, 1.165) is 29.6 Å². The molecule has 40 heavy (non-hydrogen) atoms. The maximum atomic E-state index is 12.4. The second kappa shape index (κ2) is 13.4. The van der Waals surface area contributed by atoms with Gasteiger partial charge in [0, 0.05) is 49.4 Å². The maximum Gasteiger partial charge on any atom is 0.319 e. The summed E-state index contributed by atoms with van der Waals surface area (Å²) in [5.74, 6) is 1.62. The molecule has 0 bridgehead atoms. The highest BCUT2D eigenvalue weighted by molar-refractivity contribution is 6.32. The Morgan fingerprint density at radius 2 is 1.98 bits per heavy atom. The molecule has 0 radical (unpaired) electrons. The van der Waals surface area contributed by atoms with Crippen LogP contribution in [0.5, 0.6) is 11.5 Å². The summed E-state index contributed by atoms with van der Waals surface area (Å²) in [5.41, 5.74) is 2.95. The highest BCUT2D eigenvalue weighted by Gasteiger charge is 2.16. The van der Waals surface area contributed by atoms with Crippen LogP contribution in [0.15, 0.2) is 61.1 Å². The summed E-state index contributed by atoms with van der Waals surface area (Å²) in [7, 11) is 0. The minimum atomic E-state index is -0.264. The molecule has 12 heteroatoms. The molecule has 2 aromatic carbocycles. The summed E-state index contributed by atoms with van der Waals surface area (Å²) in [5, 5.41) is 18.5. The van der Waals surface area contributed by atoms with Crippen LogP contribution in [0.25, 0.3) is 11.0 Å². The number of hydrogen-bond donors (Lipinski definition) is 4. The first-order valence-corrected chi connectivity index (χ1v) is 13.4. The van der Waals surface area contributed by atoms with E-state index >= 15 is 0 Å². The molecular weight excluding hydrogens is 536 g/mol. The van der Waals surface area contributed by atoms with E-state index in [2.05, 4.69) is 25.9 Å². The number of anilines is 3. The number of aromatic nitrogens is 3. The maximum absolute atomic E-state index is 12.4. The van der Waals surface area contributed by atoms with Gasteiger partial charge in [0.15, 0.2) is 5.82 Å². The molecule has 0 spiro atoms. The molecule has 11 nitrogen and oxygen atoms in total. The second-order valence-electron chi connectivity index (χ2n) is 9.19. The Kier molecular flexibility index (Phi) is 9.30. The molecule has 4 N–H and O–H groups in total. The van der Waals surface area contributed by atoms with Gasteiger partial charge in [-0.3, -0.25) is 0 Å². The van der Waals surface area contributed by atoms with Gasteiger partial charge in [-0.2, -0.15) is 0 Å². The number of aliphatic hydroxyl groups is 1. The van der Waals surface area contributed by atoms with Crippen LogP contribution in [-0.2, 0) is 16.0 Å². The van der Waals surface area contributed by atoms with Gasteiger partial charge in [0.1, 0.15) is 23.3 Å². The number of nitrogens with zero attached hydrogens (tertiary/aromatic N) is 3. The predicted molar refractivity (Wildman–Crippen MR) is 153 cm³/mol. The molecular formula is C28H31ClN6O5. The highest BCUT2D eigenvalue weighted by atomic mass is 35.5. The molecule has 210 valence electrons. The first kappa shape index (κ1) is 27.7. The van der Waals surface area contributed by atoms with Gasteiger partial charge in [-0.05, 0) is 49.2 Å². The number of ether oxygens (including phenoxy) is 3. The van der Waals surface area contributed by atoms with Gasteiger partial charge in [0.05, 0.1) is 30.4 Å². The Balaban J connectivity index is 1.23. The quantitative estimate of drug-likeness (QED) is 0.188. The molecule has 0 saturated carbocycles. The van der Waals surface area contributed by atoms with Crippen molar-refractivity contribution in [1.82, 2.24) is 19.9 Å². The molecule has 3 heterocycles. The van der Waals surface area contributed by atoms with Crippen molar-refractivity contribution in [1.29, 1.82) is 0 Å². The normalized spacial score (nSPS) is 13.8. The number of urea groups is 1. The van der Waals surface area contributed by atoms with Crippen molar-refractivity contribution >= 4 is 45.9 Å². The van der Waals surface area contributed by atoms with Crippen molar-refractivity contribution in [3.05, 3.63) is 66.1 Å². The molecule has 0 atom stereocenters. The molecule has 1 aliphatic rings. The summed E-state index contributed by atoms with van der Waals surface area (Å²) < 4.78 is 18.8. The molecule has 0 unspecified atom stereocenters. The number of aliphatic hydroxyl groups excluding tert-OH is 1. The van der Waals surface area contributed by atoms with Crippen molar-refractivity contribution in [3.8, 4) is 11.5 Å². The SMILES string of the molecule is O=C(Nc1cccc(Oc2ccc(Nc3ncnc4ccn(CCOCCO)c34)cc2Cl)c1)NC1CCOCC1. The summed E-state index contributed by atoms with van der Waals surface area (Å²) in [6.07, 6.45) is 5.03. The van der Waals surface area contributed by atoms with E-state index in [-0.39, 0.29) is 18.7 Å². The Labute approximate surface area is 236 Å². The fraction of sp³-hybridized carbons (Fsp3) is 0.321. The lowest BCUT2D eigenvalue weighted by molar-refractivity contribution is 0.0806. The molecule has 5 rings (SSSR count). The van der Waals surface area contributed by atoms with Gasteiger partial charge in [0.25, 0.3) is 0 Å². The van der Waals surface area contributed by atoms with Gasteiger partial charge in [0.2, 0.25) is 0 Å². The fourth-order valence-electron chi connectivity index (χ4n) is 4.40. The highest BCUT2D eigenvalue weighted by Crippen LogP contribution is 2.34. The number of fused-ring (bicyclic) bond motifs is 1. The van der Waals surface area contributed by atoms with Crippen molar-refractivity contribution in [3.63, 3.8) is 0 Å². The van der Waals surface area contributed by atoms with Crippen LogP contribution in [0, 0.1) is 0 Å². The lowest BCUT2D eigenvalue weighted by atomic mass is 10.1. The van der Waals surface area contributed by atoms with Crippen LogP contribution in [0.1, 0.15) is 12.8 Å². The second-order valence-corrected chi connectivity index (χ2v) is 9.59. The van der Waals surface area contributed by atoms with Gasteiger partial charge in [-0.1, -0.05) is 17.7 Å². The minimum Gasteiger partial charge on any atom is -0.456 e. The zero-order valence-electron chi connectivity index (χ0n) is 21.8. The zero-order chi connectivity index (χ0) is 27.7. The lowest BCUT2D eigenvalue weighted by Gasteiger charge is -2.23. The molecule has 4 aromatic rings. The Bertz CT molecular complexity index is 1440. The number of carbonyl (C=O) groups is 1. The number of carbonyl (C=O) groups excluding carboxylic acids is 1. The van der Waals surface area contributed by atoms with E-state index in [1.54, 1.807) is 36.4 Å². The van der Waals surface area contributed by atoms with E-state index in [1.165, 1.54) is 6.33 Å². The van der Waals surface area contributed by atoms with E-state index in [0.29, 0.717) is 61.0 Å². The van der Waals surface area contributed by atoms with Crippen molar-refractivity contribution in [2.24, 2.45) is 0 Å². The van der Waals surface area contributed by atoms with Crippen LogP contribution in [0.4, 0.5) is 22.0 Å². The van der Waals surface area contributed by atoms with Gasteiger partial charge in [-0.15, -0.1) is 0 Å². The number of amides is 2. The topological polar surface area (TPSA) is 132 Å². The zero-order valence-corrected chi connectivity index (χ0v) is 22.6. The number of rotatable bonds is 11. The Morgan fingerprint density at radius 3 is 2.80 bits per heavy atom. The predicted octanol–water partition coefficient (Wildman–Crippen LogP) is 4.93. The minimum absolute atomic E-state index is 0.0147. The third kappa shape index (κ3) is 7.19. The van der Waals surface area contributed by atoms with Crippen molar-refractivity contribution in [2.75, 3.05) is 43.7 Å². The average molecular weight is 567 g/mol. The fourth-order valence-corrected chi connectivity index (χ4v) is 4.62. The number of nitrogens with one attached hydrogen (secondary N) is 3. The molecule has 1 saturated heterocycles. The largest absolute Gasteiger partial charge is 0.456 e. The van der Waals surface area contributed by atoms with Gasteiger partial charge >= 0.3 is 6.03 Å². The molecule has 2 aromatic heterocycles. The smallest absolute Gasteiger partial charge is 0.319 e. The van der Waals surface area contributed by atoms with Gasteiger partial charge < -0.3 is 39.8 Å². The summed E-state index contributed by atoms with van der Waals surface area (Å²) in [6, 6.07) is 14.2. The summed E-state index contributed by atoms with van der Waals surface area (Å²) >= 11 is 6.57. The Morgan fingerprint density at radius 1 is 1.10 bits per heavy atom. The molecule has 0 aliphatic carbocycles. The third-order valence-corrected chi connectivity index (χ3v) is 6.63. The average Bonchev–Trinajstić information content (AvgIpc) is 3.37. The van der Waals surface area contributed by atoms with Crippen LogP contribution >= 0.6 is 11.6 Å². The first-order chi connectivity index (χ1) is 19.6. The van der Waals surface area contributed by atoms with Gasteiger partial charge in [-0.25, -0.2) is 14.8 Å². The molecule has 1 fully saturated rings. The van der Waals surface area contributed by atoms with Crippen molar-refractivity contribution in [2.45, 2.75) is 25.4 Å². The van der Waals surface area contributed by atoms with Crippen LogP contribution in [-0.4, -0.2) is 64.7 Å². The van der Waals surface area contributed by atoms with E-state index in [4.69, 9.17) is 30.9 Å². The van der Waals surface area contributed by atoms with E-state index < -0.39 is 0 Å². The number of hydrogen-bond acceptors (Lipinski definition) is 8. The first-order valence-electron chi connectivity index (χ1n) is 13.1. The number of halogens is 1. The van der Waals surface area contributed by atoms with E-state index in [9.17, 15) is 4.79 Å². The Hall–Kier alpha value is -3.90. The monoisotopic (exact) mass is 566 g/mol. The number of benzene rings is 2. The van der Waals surface area contributed by atoms with Crippen molar-refractivity contribution < 1.29 is 24.1 Å².